The summed E-state index contributed by atoms with van der Waals surface area (Å²) in [7, 11) is 0. The van der Waals surface area contributed by atoms with Crippen LogP contribution in [-0.2, 0) is 22.3 Å². The summed E-state index contributed by atoms with van der Waals surface area (Å²) in [6.07, 6.45) is 18.4. The highest BCUT2D eigenvalue weighted by Gasteiger charge is 2.25. The lowest BCUT2D eigenvalue weighted by molar-refractivity contribution is 0.0972. The summed E-state index contributed by atoms with van der Waals surface area (Å²) in [4.78, 5) is 26.8. The van der Waals surface area contributed by atoms with Crippen molar-refractivity contribution in [2.24, 2.45) is 0 Å². The molecule has 0 unspecified atom stereocenters. The van der Waals surface area contributed by atoms with Crippen molar-refractivity contribution in [3.05, 3.63) is 96.1 Å². The second-order valence-electron chi connectivity index (χ2n) is 16.4. The molecule has 0 atom stereocenters. The molecule has 0 aliphatic carbocycles. The molecule has 0 saturated carbocycles. The van der Waals surface area contributed by atoms with E-state index in [0.717, 1.165) is 118 Å². The highest BCUT2D eigenvalue weighted by molar-refractivity contribution is 6.27. The summed E-state index contributed by atoms with van der Waals surface area (Å²) in [6, 6.07) is 29.4. The van der Waals surface area contributed by atoms with Crippen molar-refractivity contribution in [2.75, 3.05) is 13.2 Å². The van der Waals surface area contributed by atoms with Crippen LogP contribution in [-0.4, -0.2) is 25.5 Å². The normalized spacial score (nSPS) is 11.5. The van der Waals surface area contributed by atoms with Crippen molar-refractivity contribution in [3.8, 4) is 22.6 Å². The van der Waals surface area contributed by atoms with Crippen molar-refractivity contribution in [3.63, 3.8) is 0 Å². The Morgan fingerprint density at radius 2 is 0.733 bits per heavy atom. The zero-order chi connectivity index (χ0) is 42.1. The fraction of sp³-hybridized carbons (Fsp3) is 0.444. The standard InChI is InChI=1S/C54H66O6/c1-5-9-11-13-15-17-23-35-57-53(55)59-51-43-29-21-19-27-41(43)49(47-37-39(25-7-3)31-33-45(47)51)50-42-28-20-22-30-44(42)52(46-34-32-40(26-8-4)38-48(46)50)60-54(56)58-36-24-18-16-14-12-10-6-2/h19-22,27-34,37-38H,5-18,23-26,35-36H2,1-4H3. The fourth-order valence-electron chi connectivity index (χ4n) is 8.67. The second-order valence-corrected chi connectivity index (χ2v) is 16.4. The molecule has 60 heavy (non-hydrogen) atoms. The van der Waals surface area contributed by atoms with Crippen LogP contribution in [0.2, 0.25) is 0 Å². The molecule has 6 rings (SSSR count). The van der Waals surface area contributed by atoms with Gasteiger partial charge < -0.3 is 18.9 Å². The van der Waals surface area contributed by atoms with Gasteiger partial charge in [0.15, 0.2) is 0 Å². The van der Waals surface area contributed by atoms with Crippen molar-refractivity contribution in [1.29, 1.82) is 0 Å². The number of ether oxygens (including phenoxy) is 4. The Hall–Kier alpha value is -5.10. The van der Waals surface area contributed by atoms with Crippen molar-refractivity contribution < 1.29 is 28.5 Å². The number of hydrogen-bond donors (Lipinski definition) is 0. The Labute approximate surface area is 357 Å². The molecule has 0 aromatic heterocycles. The SMILES string of the molecule is CCCCCCCCCOC(=O)Oc1c2ccccc2c(-c2c3ccccc3c(OC(=O)OCCCCCCCCC)c3ccc(CCC)cc23)c2cc(CCC)ccc12. The molecule has 6 heteroatoms. The van der Waals surface area contributed by atoms with Gasteiger partial charge in [0.25, 0.3) is 0 Å². The smallest absolute Gasteiger partial charge is 0.434 e. The van der Waals surface area contributed by atoms with Crippen LogP contribution in [0.4, 0.5) is 9.59 Å². The molecule has 0 aliphatic rings. The number of hydrogen-bond acceptors (Lipinski definition) is 6. The fourth-order valence-corrected chi connectivity index (χ4v) is 8.67. The molecule has 0 aliphatic heterocycles. The molecule has 0 saturated heterocycles. The Morgan fingerprint density at radius 1 is 0.383 bits per heavy atom. The minimum atomic E-state index is -0.682. The Morgan fingerprint density at radius 3 is 1.12 bits per heavy atom. The third kappa shape index (κ3) is 11.2. The molecule has 6 nitrogen and oxygen atoms in total. The van der Waals surface area contributed by atoms with Gasteiger partial charge in [-0.2, -0.15) is 0 Å². The average molecular weight is 811 g/mol. The van der Waals surface area contributed by atoms with Gasteiger partial charge in [0.1, 0.15) is 11.5 Å². The van der Waals surface area contributed by atoms with E-state index in [9.17, 15) is 9.59 Å². The molecule has 0 N–H and O–H groups in total. The molecule has 0 spiro atoms. The van der Waals surface area contributed by atoms with Gasteiger partial charge in [-0.25, -0.2) is 9.59 Å². The van der Waals surface area contributed by atoms with E-state index in [0.29, 0.717) is 24.7 Å². The predicted molar refractivity (Wildman–Crippen MR) is 250 cm³/mol. The maximum absolute atomic E-state index is 13.4. The topological polar surface area (TPSA) is 71.1 Å². The number of carbonyl (C=O) groups excluding carboxylic acids is 2. The third-order valence-corrected chi connectivity index (χ3v) is 11.7. The Kier molecular flexibility index (Phi) is 17.1. The van der Waals surface area contributed by atoms with Crippen molar-refractivity contribution >= 4 is 55.4 Å². The molecule has 0 bridgehead atoms. The molecule has 6 aromatic rings. The van der Waals surface area contributed by atoms with Gasteiger partial charge in [0.05, 0.1) is 13.2 Å². The Balaban J connectivity index is 1.44. The van der Waals surface area contributed by atoms with Crippen molar-refractivity contribution in [2.45, 2.75) is 143 Å². The minimum Gasteiger partial charge on any atom is -0.434 e. The van der Waals surface area contributed by atoms with Gasteiger partial charge in [-0.1, -0.05) is 203 Å². The van der Waals surface area contributed by atoms with Gasteiger partial charge in [-0.15, -0.1) is 0 Å². The van der Waals surface area contributed by atoms with Crippen LogP contribution in [0.1, 0.15) is 142 Å². The first-order valence-corrected chi connectivity index (χ1v) is 23.1. The lowest BCUT2D eigenvalue weighted by atomic mass is 9.84. The Bertz CT molecular complexity index is 2180. The van der Waals surface area contributed by atoms with Crippen LogP contribution in [0.5, 0.6) is 11.5 Å². The zero-order valence-electron chi connectivity index (χ0n) is 36.7. The molecule has 318 valence electrons. The van der Waals surface area contributed by atoms with Crippen LogP contribution >= 0.6 is 0 Å². The summed E-state index contributed by atoms with van der Waals surface area (Å²) in [5.74, 6) is 1.00. The maximum atomic E-state index is 13.4. The van der Waals surface area contributed by atoms with Crippen LogP contribution in [0, 0.1) is 0 Å². The van der Waals surface area contributed by atoms with E-state index in [2.05, 4.69) is 76.2 Å². The van der Waals surface area contributed by atoms with Gasteiger partial charge in [-0.3, -0.25) is 0 Å². The number of fused-ring (bicyclic) bond motifs is 4. The van der Waals surface area contributed by atoms with E-state index >= 15 is 0 Å². The zero-order valence-corrected chi connectivity index (χ0v) is 36.7. The largest absolute Gasteiger partial charge is 0.513 e. The minimum absolute atomic E-state index is 0.334. The first-order valence-electron chi connectivity index (χ1n) is 23.1. The lowest BCUT2D eigenvalue weighted by Gasteiger charge is -2.22. The van der Waals surface area contributed by atoms with E-state index in [4.69, 9.17) is 18.9 Å². The highest BCUT2D eigenvalue weighted by Crippen LogP contribution is 2.50. The van der Waals surface area contributed by atoms with Gasteiger partial charge in [-0.05, 0) is 69.5 Å². The summed E-state index contributed by atoms with van der Waals surface area (Å²) >= 11 is 0. The van der Waals surface area contributed by atoms with Gasteiger partial charge in [0.2, 0.25) is 0 Å². The highest BCUT2D eigenvalue weighted by atomic mass is 16.7. The average Bonchev–Trinajstić information content (AvgIpc) is 3.26. The number of aryl methyl sites for hydroxylation is 2. The number of benzene rings is 6. The van der Waals surface area contributed by atoms with E-state index in [-0.39, 0.29) is 0 Å². The summed E-state index contributed by atoms with van der Waals surface area (Å²) in [5.41, 5.74) is 4.51. The summed E-state index contributed by atoms with van der Waals surface area (Å²) in [6.45, 7) is 9.50. The molecule has 0 fully saturated rings. The van der Waals surface area contributed by atoms with E-state index in [1.54, 1.807) is 0 Å². The first-order chi connectivity index (χ1) is 29.5. The van der Waals surface area contributed by atoms with Crippen LogP contribution in [0.3, 0.4) is 0 Å². The van der Waals surface area contributed by atoms with Crippen molar-refractivity contribution in [1.82, 2.24) is 0 Å². The lowest BCUT2D eigenvalue weighted by Crippen LogP contribution is -2.12. The van der Waals surface area contributed by atoms with Gasteiger partial charge >= 0.3 is 12.3 Å². The van der Waals surface area contributed by atoms with Crippen LogP contribution in [0.25, 0.3) is 54.2 Å². The van der Waals surface area contributed by atoms with E-state index in [1.165, 1.54) is 62.5 Å². The summed E-state index contributed by atoms with van der Waals surface area (Å²) in [5, 5.41) is 7.24. The quantitative estimate of drug-likeness (QED) is 0.0278. The summed E-state index contributed by atoms with van der Waals surface area (Å²) < 4.78 is 23.8. The molecule has 6 aromatic carbocycles. The molecular weight excluding hydrogens is 745 g/mol. The second kappa shape index (κ2) is 23.0. The molecule has 0 amide bonds. The molecule has 0 heterocycles. The predicted octanol–water partition coefficient (Wildman–Crippen LogP) is 16.4. The maximum Gasteiger partial charge on any atom is 0.513 e. The van der Waals surface area contributed by atoms with E-state index < -0.39 is 12.3 Å². The monoisotopic (exact) mass is 810 g/mol. The van der Waals surface area contributed by atoms with E-state index in [1.807, 2.05) is 36.4 Å². The number of carbonyl (C=O) groups is 2. The number of unbranched alkanes of at least 4 members (excludes halogenated alkanes) is 12. The first kappa shape index (κ1) is 44.5. The molecular formula is C54H66O6. The third-order valence-electron chi connectivity index (χ3n) is 11.7. The van der Waals surface area contributed by atoms with Gasteiger partial charge in [0, 0.05) is 21.5 Å². The van der Waals surface area contributed by atoms with Crippen LogP contribution < -0.4 is 9.47 Å². The van der Waals surface area contributed by atoms with Crippen LogP contribution in [0.15, 0.2) is 84.9 Å². The number of rotatable bonds is 23. The molecule has 0 radical (unpaired) electrons.